The van der Waals surface area contributed by atoms with Gasteiger partial charge in [-0.15, -0.1) is 11.3 Å². The maximum atomic E-state index is 8.88. The van der Waals surface area contributed by atoms with Gasteiger partial charge in [-0.2, -0.15) is 0 Å². The van der Waals surface area contributed by atoms with Crippen molar-refractivity contribution in [3.8, 4) is 0 Å². The van der Waals surface area contributed by atoms with Gasteiger partial charge in [0, 0.05) is 11.8 Å². The van der Waals surface area contributed by atoms with Crippen LogP contribution >= 0.6 is 11.3 Å². The first-order chi connectivity index (χ1) is 7.38. The van der Waals surface area contributed by atoms with E-state index < -0.39 is 0 Å². The van der Waals surface area contributed by atoms with E-state index >= 15 is 0 Å². The second-order valence-electron chi connectivity index (χ2n) is 3.38. The summed E-state index contributed by atoms with van der Waals surface area (Å²) in [4.78, 5) is 4.31. The molecular weight excluding hydrogens is 206 g/mol. The first-order valence-corrected chi connectivity index (χ1v) is 5.84. The highest BCUT2D eigenvalue weighted by Crippen LogP contribution is 2.12. The van der Waals surface area contributed by atoms with E-state index in [2.05, 4.69) is 29.2 Å². The number of aliphatic hydroxyl groups is 1. The summed E-state index contributed by atoms with van der Waals surface area (Å²) in [5, 5.41) is 11.9. The number of aliphatic hydroxyl groups excluding tert-OH is 1. The number of benzene rings is 1. The molecule has 0 saturated heterocycles. The lowest BCUT2D eigenvalue weighted by Crippen LogP contribution is -1.91. The molecule has 15 heavy (non-hydrogen) atoms. The van der Waals surface area contributed by atoms with Crippen molar-refractivity contribution in [2.45, 2.75) is 19.4 Å². The summed E-state index contributed by atoms with van der Waals surface area (Å²) in [6, 6.07) is 10.4. The van der Waals surface area contributed by atoms with Crippen LogP contribution in [0.5, 0.6) is 0 Å². The smallest absolute Gasteiger partial charge is 0.0932 e. The van der Waals surface area contributed by atoms with E-state index in [1.807, 2.05) is 11.4 Å². The van der Waals surface area contributed by atoms with Gasteiger partial charge in [0.2, 0.25) is 0 Å². The summed E-state index contributed by atoms with van der Waals surface area (Å²) < 4.78 is 0. The zero-order valence-electron chi connectivity index (χ0n) is 8.39. The fourth-order valence-electron chi connectivity index (χ4n) is 1.43. The Morgan fingerprint density at radius 1 is 1.13 bits per heavy atom. The van der Waals surface area contributed by atoms with Gasteiger partial charge >= 0.3 is 0 Å². The van der Waals surface area contributed by atoms with E-state index in [0.29, 0.717) is 0 Å². The average Bonchev–Trinajstić information content (AvgIpc) is 2.76. The van der Waals surface area contributed by atoms with Gasteiger partial charge in [-0.3, -0.25) is 0 Å². The van der Waals surface area contributed by atoms with Crippen molar-refractivity contribution in [1.82, 2.24) is 4.98 Å². The summed E-state index contributed by atoms with van der Waals surface area (Å²) in [6.07, 6.45) is 1.97. The summed E-state index contributed by atoms with van der Waals surface area (Å²) in [5.74, 6) is 0. The maximum absolute atomic E-state index is 8.88. The van der Waals surface area contributed by atoms with Crippen molar-refractivity contribution in [1.29, 1.82) is 0 Å². The molecule has 0 aliphatic carbocycles. The van der Waals surface area contributed by atoms with E-state index in [4.69, 9.17) is 5.11 Å². The topological polar surface area (TPSA) is 33.1 Å². The molecule has 2 nitrogen and oxygen atoms in total. The predicted octanol–water partition coefficient (Wildman–Crippen LogP) is 2.42. The third-order valence-corrected chi connectivity index (χ3v) is 3.19. The molecule has 1 aromatic carbocycles. The molecule has 0 atom stereocenters. The van der Waals surface area contributed by atoms with Crippen LogP contribution < -0.4 is 0 Å². The van der Waals surface area contributed by atoms with Gasteiger partial charge in [0.25, 0.3) is 0 Å². The Balaban J connectivity index is 1.93. The standard InChI is InChI=1S/C12H13NOS/c14-8-11-9-15-12(13-11)7-6-10-4-2-1-3-5-10/h1-5,9,14H,6-8H2. The van der Waals surface area contributed by atoms with Crippen LogP contribution in [0.1, 0.15) is 16.3 Å². The maximum Gasteiger partial charge on any atom is 0.0932 e. The van der Waals surface area contributed by atoms with Crippen LogP contribution in [0, 0.1) is 0 Å². The molecule has 0 fully saturated rings. The summed E-state index contributed by atoms with van der Waals surface area (Å²) in [6.45, 7) is 0.0435. The number of hydrogen-bond donors (Lipinski definition) is 1. The molecule has 0 bridgehead atoms. The van der Waals surface area contributed by atoms with Crippen LogP contribution in [0.2, 0.25) is 0 Å². The normalized spacial score (nSPS) is 10.5. The minimum atomic E-state index is 0.0435. The van der Waals surface area contributed by atoms with E-state index in [-0.39, 0.29) is 6.61 Å². The Hall–Kier alpha value is -1.19. The van der Waals surface area contributed by atoms with Gasteiger partial charge in [0.15, 0.2) is 0 Å². The molecule has 0 aliphatic rings. The van der Waals surface area contributed by atoms with E-state index in [1.165, 1.54) is 5.56 Å². The number of thiazole rings is 1. The lowest BCUT2D eigenvalue weighted by Gasteiger charge is -1.97. The average molecular weight is 219 g/mol. The molecule has 0 radical (unpaired) electrons. The van der Waals surface area contributed by atoms with Crippen LogP contribution in [0.25, 0.3) is 0 Å². The summed E-state index contributed by atoms with van der Waals surface area (Å²) in [5.41, 5.74) is 2.11. The zero-order valence-corrected chi connectivity index (χ0v) is 9.20. The molecule has 0 saturated carbocycles. The summed E-state index contributed by atoms with van der Waals surface area (Å²) in [7, 11) is 0. The van der Waals surface area contributed by atoms with E-state index in [9.17, 15) is 0 Å². The van der Waals surface area contributed by atoms with Crippen LogP contribution in [0.3, 0.4) is 0 Å². The van der Waals surface area contributed by atoms with Crippen LogP contribution in [0.4, 0.5) is 0 Å². The number of aromatic nitrogens is 1. The molecule has 1 aromatic heterocycles. The van der Waals surface area contributed by atoms with Crippen LogP contribution in [-0.2, 0) is 19.4 Å². The largest absolute Gasteiger partial charge is 0.390 e. The quantitative estimate of drug-likeness (QED) is 0.856. The van der Waals surface area contributed by atoms with Crippen LogP contribution in [0.15, 0.2) is 35.7 Å². The van der Waals surface area contributed by atoms with Gasteiger partial charge in [0.1, 0.15) is 0 Å². The molecule has 0 spiro atoms. The Morgan fingerprint density at radius 2 is 1.93 bits per heavy atom. The monoisotopic (exact) mass is 219 g/mol. The predicted molar refractivity (Wildman–Crippen MR) is 61.9 cm³/mol. The Morgan fingerprint density at radius 3 is 2.60 bits per heavy atom. The fourth-order valence-corrected chi connectivity index (χ4v) is 2.22. The van der Waals surface area contributed by atoms with Crippen LogP contribution in [-0.4, -0.2) is 10.1 Å². The van der Waals surface area contributed by atoms with Gasteiger partial charge in [-0.1, -0.05) is 30.3 Å². The second kappa shape index (κ2) is 5.05. The van der Waals surface area contributed by atoms with Crippen molar-refractivity contribution in [3.63, 3.8) is 0 Å². The number of rotatable bonds is 4. The van der Waals surface area contributed by atoms with Gasteiger partial charge in [-0.05, 0) is 12.0 Å². The summed E-state index contributed by atoms with van der Waals surface area (Å²) >= 11 is 1.62. The molecule has 3 heteroatoms. The minimum absolute atomic E-state index is 0.0435. The van der Waals surface area contributed by atoms with Gasteiger partial charge in [0.05, 0.1) is 17.3 Å². The molecular formula is C12H13NOS. The molecule has 0 aliphatic heterocycles. The molecule has 0 amide bonds. The molecule has 1 N–H and O–H groups in total. The van der Waals surface area contributed by atoms with Gasteiger partial charge < -0.3 is 5.11 Å². The number of nitrogens with zero attached hydrogens (tertiary/aromatic N) is 1. The highest BCUT2D eigenvalue weighted by Gasteiger charge is 2.01. The van der Waals surface area contributed by atoms with Crippen molar-refractivity contribution in [2.24, 2.45) is 0 Å². The number of hydrogen-bond acceptors (Lipinski definition) is 3. The first-order valence-electron chi connectivity index (χ1n) is 4.96. The highest BCUT2D eigenvalue weighted by molar-refractivity contribution is 7.09. The molecule has 2 aromatic rings. The minimum Gasteiger partial charge on any atom is -0.390 e. The second-order valence-corrected chi connectivity index (χ2v) is 4.32. The highest BCUT2D eigenvalue weighted by atomic mass is 32.1. The molecule has 78 valence electrons. The Labute approximate surface area is 93.2 Å². The SMILES string of the molecule is OCc1csc(CCc2ccccc2)n1. The van der Waals surface area contributed by atoms with Crippen molar-refractivity contribution in [2.75, 3.05) is 0 Å². The lowest BCUT2D eigenvalue weighted by atomic mass is 10.1. The third-order valence-electron chi connectivity index (χ3n) is 2.23. The van der Waals surface area contributed by atoms with Gasteiger partial charge in [-0.25, -0.2) is 4.98 Å². The Bertz CT molecular complexity index is 411. The van der Waals surface area contributed by atoms with Crippen molar-refractivity contribution in [3.05, 3.63) is 52.0 Å². The van der Waals surface area contributed by atoms with E-state index in [0.717, 1.165) is 23.5 Å². The molecule has 0 unspecified atom stereocenters. The van der Waals surface area contributed by atoms with E-state index in [1.54, 1.807) is 11.3 Å². The fraction of sp³-hybridized carbons (Fsp3) is 0.250. The lowest BCUT2D eigenvalue weighted by molar-refractivity contribution is 0.277. The van der Waals surface area contributed by atoms with Crippen molar-refractivity contribution >= 4 is 11.3 Å². The molecule has 1 heterocycles. The zero-order chi connectivity index (χ0) is 10.5. The first kappa shape index (κ1) is 10.3. The third kappa shape index (κ3) is 2.88. The number of aryl methyl sites for hydroxylation is 2. The molecule has 2 rings (SSSR count). The Kier molecular flexibility index (Phi) is 3.48. The van der Waals surface area contributed by atoms with Crippen molar-refractivity contribution < 1.29 is 5.11 Å².